The van der Waals surface area contributed by atoms with Crippen LogP contribution in [0.25, 0.3) is 0 Å². The van der Waals surface area contributed by atoms with Crippen LogP contribution in [0, 0.1) is 13.8 Å². The summed E-state index contributed by atoms with van der Waals surface area (Å²) < 4.78 is 0. The monoisotopic (exact) mass is 276 g/mol. The van der Waals surface area contributed by atoms with E-state index >= 15 is 0 Å². The summed E-state index contributed by atoms with van der Waals surface area (Å²) in [4.78, 5) is 26.7. The Labute approximate surface area is 113 Å². The van der Waals surface area contributed by atoms with E-state index in [1.165, 1.54) is 6.20 Å². The third-order valence-corrected chi connectivity index (χ3v) is 3.62. The first kappa shape index (κ1) is 13.2. The number of anilines is 1. The second-order valence-corrected chi connectivity index (χ2v) is 5.09. The van der Waals surface area contributed by atoms with E-state index in [2.05, 4.69) is 10.3 Å². The molecule has 1 amide bonds. The Morgan fingerprint density at radius 1 is 1.26 bits per heavy atom. The lowest BCUT2D eigenvalue weighted by molar-refractivity contribution is 0.0696. The SMILES string of the molecule is Cc1cccc(C)c1NC(=O)c1cnc(C(=O)O)s1. The first-order valence-electron chi connectivity index (χ1n) is 5.55. The lowest BCUT2D eigenvalue weighted by Crippen LogP contribution is -2.12. The number of aryl methyl sites for hydroxylation is 2. The summed E-state index contributed by atoms with van der Waals surface area (Å²) in [5.74, 6) is -1.47. The van der Waals surface area contributed by atoms with Crippen molar-refractivity contribution >= 4 is 28.9 Å². The predicted molar refractivity (Wildman–Crippen MR) is 72.9 cm³/mol. The van der Waals surface area contributed by atoms with Crippen molar-refractivity contribution in [1.82, 2.24) is 4.98 Å². The molecule has 0 fully saturated rings. The average Bonchev–Trinajstić information content (AvgIpc) is 2.83. The summed E-state index contributed by atoms with van der Waals surface area (Å²) in [5, 5.41) is 11.5. The van der Waals surface area contributed by atoms with Gasteiger partial charge in [-0.1, -0.05) is 18.2 Å². The Balaban J connectivity index is 2.23. The van der Waals surface area contributed by atoms with Gasteiger partial charge >= 0.3 is 5.97 Å². The molecule has 5 nitrogen and oxygen atoms in total. The summed E-state index contributed by atoms with van der Waals surface area (Å²) >= 11 is 0.857. The lowest BCUT2D eigenvalue weighted by atomic mass is 10.1. The lowest BCUT2D eigenvalue weighted by Gasteiger charge is -2.10. The summed E-state index contributed by atoms with van der Waals surface area (Å²) in [7, 11) is 0. The number of nitrogens with zero attached hydrogens (tertiary/aromatic N) is 1. The van der Waals surface area contributed by atoms with Gasteiger partial charge in [-0.25, -0.2) is 9.78 Å². The minimum atomic E-state index is -1.13. The standard InChI is InChI=1S/C13H12N2O3S/c1-7-4-3-5-8(2)10(7)15-11(16)9-6-14-12(19-9)13(17)18/h3-6H,1-2H3,(H,15,16)(H,17,18). The molecule has 0 unspecified atom stereocenters. The van der Waals surface area contributed by atoms with E-state index in [-0.39, 0.29) is 15.8 Å². The Morgan fingerprint density at radius 2 is 1.89 bits per heavy atom. The van der Waals surface area contributed by atoms with Crippen molar-refractivity contribution in [3.8, 4) is 0 Å². The molecule has 0 aliphatic rings. The number of aromatic nitrogens is 1. The molecule has 1 aromatic carbocycles. The van der Waals surface area contributed by atoms with Crippen LogP contribution in [-0.4, -0.2) is 22.0 Å². The van der Waals surface area contributed by atoms with Crippen molar-refractivity contribution in [2.75, 3.05) is 5.32 Å². The van der Waals surface area contributed by atoms with Gasteiger partial charge in [0.2, 0.25) is 5.01 Å². The van der Waals surface area contributed by atoms with Crippen molar-refractivity contribution in [2.45, 2.75) is 13.8 Å². The fourth-order valence-electron chi connectivity index (χ4n) is 1.66. The first-order chi connectivity index (χ1) is 8.99. The van der Waals surface area contributed by atoms with Gasteiger partial charge in [0.25, 0.3) is 5.91 Å². The van der Waals surface area contributed by atoms with Gasteiger partial charge in [0.1, 0.15) is 4.88 Å². The first-order valence-corrected chi connectivity index (χ1v) is 6.37. The number of aromatic carboxylic acids is 1. The number of hydrogen-bond donors (Lipinski definition) is 2. The second-order valence-electron chi connectivity index (χ2n) is 4.06. The van der Waals surface area contributed by atoms with Crippen LogP contribution >= 0.6 is 11.3 Å². The number of thiazole rings is 1. The molecule has 0 saturated carbocycles. The van der Waals surface area contributed by atoms with Gasteiger partial charge < -0.3 is 10.4 Å². The molecule has 2 aromatic rings. The summed E-state index contributed by atoms with van der Waals surface area (Å²) in [6.07, 6.45) is 1.27. The maximum Gasteiger partial charge on any atom is 0.365 e. The minimum Gasteiger partial charge on any atom is -0.476 e. The predicted octanol–water partition coefficient (Wildman–Crippen LogP) is 2.71. The number of carbonyl (C=O) groups excluding carboxylic acids is 1. The number of nitrogens with one attached hydrogen (secondary N) is 1. The van der Waals surface area contributed by atoms with Crippen molar-refractivity contribution in [1.29, 1.82) is 0 Å². The van der Waals surface area contributed by atoms with Crippen LogP contribution in [0.4, 0.5) is 5.69 Å². The van der Waals surface area contributed by atoms with E-state index in [4.69, 9.17) is 5.11 Å². The molecule has 0 aliphatic carbocycles. The maximum atomic E-state index is 12.0. The topological polar surface area (TPSA) is 79.3 Å². The molecule has 2 rings (SSSR count). The number of carboxylic acids is 1. The number of rotatable bonds is 3. The van der Waals surface area contributed by atoms with Crippen LogP contribution in [-0.2, 0) is 0 Å². The second kappa shape index (κ2) is 5.19. The summed E-state index contributed by atoms with van der Waals surface area (Å²) in [6.45, 7) is 3.80. The van der Waals surface area contributed by atoms with Crippen LogP contribution in [0.1, 0.15) is 30.6 Å². The van der Waals surface area contributed by atoms with Gasteiger partial charge in [-0.3, -0.25) is 4.79 Å². The van der Waals surface area contributed by atoms with E-state index in [1.54, 1.807) is 0 Å². The molecule has 2 N–H and O–H groups in total. The highest BCUT2D eigenvalue weighted by Gasteiger charge is 2.15. The zero-order valence-corrected chi connectivity index (χ0v) is 11.2. The fraction of sp³-hybridized carbons (Fsp3) is 0.154. The third kappa shape index (κ3) is 2.79. The number of carboxylic acid groups (broad SMARTS) is 1. The zero-order chi connectivity index (χ0) is 14.0. The van der Waals surface area contributed by atoms with Crippen LogP contribution < -0.4 is 5.32 Å². The van der Waals surface area contributed by atoms with Gasteiger partial charge in [0, 0.05) is 5.69 Å². The molecule has 98 valence electrons. The summed E-state index contributed by atoms with van der Waals surface area (Å²) in [6, 6.07) is 5.71. The van der Waals surface area contributed by atoms with Gasteiger partial charge in [0.15, 0.2) is 0 Å². The van der Waals surface area contributed by atoms with Crippen molar-refractivity contribution in [3.05, 3.63) is 45.4 Å². The van der Waals surface area contributed by atoms with Crippen LogP contribution in [0.15, 0.2) is 24.4 Å². The summed E-state index contributed by atoms with van der Waals surface area (Å²) in [5.41, 5.74) is 2.66. The molecule has 19 heavy (non-hydrogen) atoms. The Kier molecular flexibility index (Phi) is 3.62. The van der Waals surface area contributed by atoms with Gasteiger partial charge in [-0.15, -0.1) is 11.3 Å². The highest BCUT2D eigenvalue weighted by molar-refractivity contribution is 7.15. The van der Waals surface area contributed by atoms with E-state index in [1.807, 2.05) is 32.0 Å². The van der Waals surface area contributed by atoms with Crippen LogP contribution in [0.3, 0.4) is 0 Å². The molecule has 0 aliphatic heterocycles. The third-order valence-electron chi connectivity index (χ3n) is 2.63. The van der Waals surface area contributed by atoms with E-state index < -0.39 is 5.97 Å². The molecular weight excluding hydrogens is 264 g/mol. The smallest absolute Gasteiger partial charge is 0.365 e. The van der Waals surface area contributed by atoms with Crippen molar-refractivity contribution in [3.63, 3.8) is 0 Å². The average molecular weight is 276 g/mol. The normalized spacial score (nSPS) is 10.2. The number of carbonyl (C=O) groups is 2. The van der Waals surface area contributed by atoms with Crippen molar-refractivity contribution < 1.29 is 14.7 Å². The molecule has 6 heteroatoms. The quantitative estimate of drug-likeness (QED) is 0.903. The molecule has 0 bridgehead atoms. The number of benzene rings is 1. The Hall–Kier alpha value is -2.21. The Morgan fingerprint density at radius 3 is 2.42 bits per heavy atom. The number of para-hydroxylation sites is 1. The highest BCUT2D eigenvalue weighted by Crippen LogP contribution is 2.21. The highest BCUT2D eigenvalue weighted by atomic mass is 32.1. The molecule has 1 heterocycles. The van der Waals surface area contributed by atoms with Crippen LogP contribution in [0.2, 0.25) is 0 Å². The number of hydrogen-bond acceptors (Lipinski definition) is 4. The minimum absolute atomic E-state index is 0.0911. The number of amides is 1. The fourth-order valence-corrected chi connectivity index (χ4v) is 2.31. The van der Waals surface area contributed by atoms with E-state index in [9.17, 15) is 9.59 Å². The molecular formula is C13H12N2O3S. The van der Waals surface area contributed by atoms with Gasteiger partial charge in [-0.2, -0.15) is 0 Å². The zero-order valence-electron chi connectivity index (χ0n) is 10.4. The largest absolute Gasteiger partial charge is 0.476 e. The van der Waals surface area contributed by atoms with Gasteiger partial charge in [0.05, 0.1) is 6.20 Å². The van der Waals surface area contributed by atoms with Crippen molar-refractivity contribution in [2.24, 2.45) is 0 Å². The molecule has 0 atom stereocenters. The van der Waals surface area contributed by atoms with E-state index in [0.717, 1.165) is 28.2 Å². The molecule has 1 aromatic heterocycles. The van der Waals surface area contributed by atoms with E-state index in [0.29, 0.717) is 0 Å². The van der Waals surface area contributed by atoms with Crippen LogP contribution in [0.5, 0.6) is 0 Å². The molecule has 0 radical (unpaired) electrons. The molecule has 0 saturated heterocycles. The van der Waals surface area contributed by atoms with Gasteiger partial charge in [-0.05, 0) is 25.0 Å². The molecule has 0 spiro atoms. The Bertz CT molecular complexity index is 629. The maximum absolute atomic E-state index is 12.0.